The van der Waals surface area contributed by atoms with E-state index in [1.165, 1.54) is 36.9 Å². The number of rotatable bonds is 7. The van der Waals surface area contributed by atoms with E-state index in [4.69, 9.17) is 4.74 Å². The second kappa shape index (κ2) is 9.46. The van der Waals surface area contributed by atoms with Crippen molar-refractivity contribution in [1.29, 1.82) is 0 Å². The molecule has 5 nitrogen and oxygen atoms in total. The molecule has 0 bridgehead atoms. The first-order valence-corrected chi connectivity index (χ1v) is 9.52. The maximum Gasteiger partial charge on any atom is 0.303 e. The Morgan fingerprint density at radius 1 is 1.00 bits per heavy atom. The average molecular weight is 384 g/mol. The Morgan fingerprint density at radius 2 is 1.64 bits per heavy atom. The highest BCUT2D eigenvalue weighted by Crippen LogP contribution is 2.17. The van der Waals surface area contributed by atoms with Crippen molar-refractivity contribution in [3.8, 4) is 0 Å². The lowest BCUT2D eigenvalue weighted by Crippen LogP contribution is -2.47. The van der Waals surface area contributed by atoms with Gasteiger partial charge in [0, 0.05) is 57.3 Å². The number of halogens is 1. The van der Waals surface area contributed by atoms with E-state index < -0.39 is 17.9 Å². The zero-order chi connectivity index (χ0) is 19.9. The quantitative estimate of drug-likeness (QED) is 0.542. The molecule has 0 N–H and O–H groups in total. The Kier molecular flexibility index (Phi) is 6.76. The lowest BCUT2D eigenvalue weighted by Gasteiger charge is -2.36. The van der Waals surface area contributed by atoms with Crippen molar-refractivity contribution in [3.63, 3.8) is 0 Å². The third kappa shape index (κ3) is 5.39. The number of benzene rings is 2. The summed E-state index contributed by atoms with van der Waals surface area (Å²) in [5.41, 5.74) is 1.56. The minimum absolute atomic E-state index is 0.293. The fraction of sp³-hybridized carbons (Fsp3) is 0.364. The Bertz CT molecular complexity index is 787. The number of carbonyl (C=O) groups excluding carboxylic acids is 2. The maximum absolute atomic E-state index is 13.1. The van der Waals surface area contributed by atoms with Crippen LogP contribution in [0.3, 0.4) is 0 Å². The number of Topliss-reactive ketones (excluding diaryl/α,β-unsaturated/α-hetero) is 1. The zero-order valence-corrected chi connectivity index (χ0v) is 16.0. The minimum Gasteiger partial charge on any atom is -0.454 e. The van der Waals surface area contributed by atoms with E-state index >= 15 is 0 Å². The summed E-state index contributed by atoms with van der Waals surface area (Å²) >= 11 is 0. The van der Waals surface area contributed by atoms with Crippen LogP contribution in [0.2, 0.25) is 0 Å². The van der Waals surface area contributed by atoms with E-state index in [0.29, 0.717) is 18.5 Å². The van der Waals surface area contributed by atoms with Crippen molar-refractivity contribution in [2.24, 2.45) is 0 Å². The van der Waals surface area contributed by atoms with Crippen LogP contribution >= 0.6 is 0 Å². The standard InChI is InChI=1S/C22H25FN2O3/c1-17(26)28-21(22(27)18-7-9-19(23)10-8-18)11-12-24-13-15-25(16-14-24)20-5-3-2-4-6-20/h2-10,21H,11-16H2,1H3. The van der Waals surface area contributed by atoms with Gasteiger partial charge in [0.1, 0.15) is 5.82 Å². The van der Waals surface area contributed by atoms with Gasteiger partial charge in [0.05, 0.1) is 0 Å². The highest BCUT2D eigenvalue weighted by molar-refractivity contribution is 6.00. The molecule has 0 aliphatic carbocycles. The highest BCUT2D eigenvalue weighted by Gasteiger charge is 2.25. The van der Waals surface area contributed by atoms with Crippen molar-refractivity contribution in [2.75, 3.05) is 37.6 Å². The van der Waals surface area contributed by atoms with Crippen LogP contribution in [-0.4, -0.2) is 55.5 Å². The predicted molar refractivity (Wildman–Crippen MR) is 106 cm³/mol. The highest BCUT2D eigenvalue weighted by atomic mass is 19.1. The van der Waals surface area contributed by atoms with Gasteiger partial charge in [-0.1, -0.05) is 18.2 Å². The van der Waals surface area contributed by atoms with Crippen LogP contribution in [0.15, 0.2) is 54.6 Å². The molecule has 3 rings (SSSR count). The number of hydrogen-bond acceptors (Lipinski definition) is 5. The molecule has 1 atom stereocenters. The van der Waals surface area contributed by atoms with E-state index in [2.05, 4.69) is 21.9 Å². The number of carbonyl (C=O) groups is 2. The fourth-order valence-electron chi connectivity index (χ4n) is 3.41. The molecule has 1 saturated heterocycles. The molecule has 0 amide bonds. The summed E-state index contributed by atoms with van der Waals surface area (Å²) in [7, 11) is 0. The lowest BCUT2D eigenvalue weighted by molar-refractivity contribution is -0.144. The van der Waals surface area contributed by atoms with Gasteiger partial charge in [-0.2, -0.15) is 0 Å². The van der Waals surface area contributed by atoms with Crippen LogP contribution in [-0.2, 0) is 9.53 Å². The van der Waals surface area contributed by atoms with Gasteiger partial charge in [-0.3, -0.25) is 14.5 Å². The summed E-state index contributed by atoms with van der Waals surface area (Å²) in [6.07, 6.45) is -0.434. The van der Waals surface area contributed by atoms with Gasteiger partial charge >= 0.3 is 5.97 Å². The Balaban J connectivity index is 1.55. The molecular weight excluding hydrogens is 359 g/mol. The van der Waals surface area contributed by atoms with E-state index in [9.17, 15) is 14.0 Å². The van der Waals surface area contributed by atoms with E-state index in [0.717, 1.165) is 26.2 Å². The van der Waals surface area contributed by atoms with Gasteiger partial charge < -0.3 is 9.64 Å². The molecule has 0 saturated carbocycles. The molecule has 148 valence electrons. The van der Waals surface area contributed by atoms with Crippen LogP contribution in [0.25, 0.3) is 0 Å². The molecule has 1 aliphatic rings. The Labute approximate surface area is 164 Å². The molecule has 6 heteroatoms. The lowest BCUT2D eigenvalue weighted by atomic mass is 10.0. The van der Waals surface area contributed by atoms with Gasteiger partial charge in [0.15, 0.2) is 6.10 Å². The summed E-state index contributed by atoms with van der Waals surface area (Å²) in [4.78, 5) is 28.7. The third-order valence-electron chi connectivity index (χ3n) is 4.93. The molecular formula is C22H25FN2O3. The number of esters is 1. The number of hydrogen-bond donors (Lipinski definition) is 0. The zero-order valence-electron chi connectivity index (χ0n) is 16.0. The molecule has 28 heavy (non-hydrogen) atoms. The second-order valence-corrected chi connectivity index (χ2v) is 6.92. The summed E-state index contributed by atoms with van der Waals surface area (Å²) in [6.45, 7) is 5.54. The Hall–Kier alpha value is -2.73. The molecule has 0 spiro atoms. The van der Waals surface area contributed by atoms with Crippen molar-refractivity contribution in [2.45, 2.75) is 19.4 Å². The third-order valence-corrected chi connectivity index (χ3v) is 4.93. The largest absolute Gasteiger partial charge is 0.454 e. The molecule has 2 aromatic carbocycles. The van der Waals surface area contributed by atoms with Crippen molar-refractivity contribution in [3.05, 3.63) is 66.0 Å². The normalized spacial score (nSPS) is 15.9. The second-order valence-electron chi connectivity index (χ2n) is 6.92. The van der Waals surface area contributed by atoms with Crippen molar-refractivity contribution in [1.82, 2.24) is 4.90 Å². The van der Waals surface area contributed by atoms with Crippen LogP contribution in [0.1, 0.15) is 23.7 Å². The number of ketones is 1. The molecule has 1 aliphatic heterocycles. The molecule has 0 aromatic heterocycles. The SMILES string of the molecule is CC(=O)OC(CCN1CCN(c2ccccc2)CC1)C(=O)c1ccc(F)cc1. The van der Waals surface area contributed by atoms with Gasteiger partial charge in [-0.25, -0.2) is 4.39 Å². The first-order chi connectivity index (χ1) is 13.5. The smallest absolute Gasteiger partial charge is 0.303 e. The number of para-hydroxylation sites is 1. The van der Waals surface area contributed by atoms with E-state index in [1.807, 2.05) is 18.2 Å². The first kappa shape index (κ1) is 20.0. The molecule has 1 heterocycles. The van der Waals surface area contributed by atoms with E-state index in [1.54, 1.807) is 0 Å². The minimum atomic E-state index is -0.852. The monoisotopic (exact) mass is 384 g/mol. The summed E-state index contributed by atoms with van der Waals surface area (Å²) in [5.74, 6) is -1.19. The summed E-state index contributed by atoms with van der Waals surface area (Å²) in [5, 5.41) is 0. The summed E-state index contributed by atoms with van der Waals surface area (Å²) in [6, 6.07) is 15.6. The predicted octanol–water partition coefficient (Wildman–Crippen LogP) is 3.15. The number of nitrogens with zero attached hydrogens (tertiary/aromatic N) is 2. The topological polar surface area (TPSA) is 49.9 Å². The molecule has 2 aromatic rings. The van der Waals surface area contributed by atoms with Gasteiger partial charge in [0.25, 0.3) is 0 Å². The van der Waals surface area contributed by atoms with Crippen molar-refractivity contribution >= 4 is 17.4 Å². The maximum atomic E-state index is 13.1. The van der Waals surface area contributed by atoms with Gasteiger partial charge in [-0.15, -0.1) is 0 Å². The average Bonchev–Trinajstić information content (AvgIpc) is 2.72. The summed E-state index contributed by atoms with van der Waals surface area (Å²) < 4.78 is 18.4. The first-order valence-electron chi connectivity index (χ1n) is 9.52. The van der Waals surface area contributed by atoms with Crippen LogP contribution in [0.4, 0.5) is 10.1 Å². The van der Waals surface area contributed by atoms with Gasteiger partial charge in [-0.05, 0) is 36.4 Å². The molecule has 0 radical (unpaired) electrons. The number of piperazine rings is 1. The molecule has 1 unspecified atom stereocenters. The van der Waals surface area contributed by atoms with Crippen molar-refractivity contribution < 1.29 is 18.7 Å². The van der Waals surface area contributed by atoms with E-state index in [-0.39, 0.29) is 5.78 Å². The number of anilines is 1. The fourth-order valence-corrected chi connectivity index (χ4v) is 3.41. The van der Waals surface area contributed by atoms with Gasteiger partial charge in [0.2, 0.25) is 5.78 Å². The number of ether oxygens (including phenoxy) is 1. The van der Waals surface area contributed by atoms with Crippen LogP contribution in [0, 0.1) is 5.82 Å². The molecule has 1 fully saturated rings. The Morgan fingerprint density at radius 3 is 2.25 bits per heavy atom. The van der Waals surface area contributed by atoms with Crippen LogP contribution in [0.5, 0.6) is 0 Å². The van der Waals surface area contributed by atoms with Crippen LogP contribution < -0.4 is 4.90 Å².